The minimum absolute atomic E-state index is 0.199. The monoisotopic (exact) mass is 414 g/mol. The van der Waals surface area contributed by atoms with Gasteiger partial charge < -0.3 is 14.2 Å². The van der Waals surface area contributed by atoms with Crippen LogP contribution in [0.3, 0.4) is 0 Å². The summed E-state index contributed by atoms with van der Waals surface area (Å²) in [5.74, 6) is 6.73. The van der Waals surface area contributed by atoms with Crippen molar-refractivity contribution < 1.29 is 19.0 Å². The van der Waals surface area contributed by atoms with Crippen molar-refractivity contribution in [2.75, 3.05) is 14.2 Å². The van der Waals surface area contributed by atoms with E-state index in [0.717, 1.165) is 11.1 Å². The molecule has 0 radical (unpaired) electrons. The van der Waals surface area contributed by atoms with Crippen LogP contribution in [0.5, 0.6) is 11.5 Å². The van der Waals surface area contributed by atoms with Crippen molar-refractivity contribution in [3.05, 3.63) is 95.6 Å². The highest BCUT2D eigenvalue weighted by atomic mass is 16.5. The predicted molar refractivity (Wildman–Crippen MR) is 122 cm³/mol. The van der Waals surface area contributed by atoms with Gasteiger partial charge in [-0.1, -0.05) is 60.7 Å². The van der Waals surface area contributed by atoms with Crippen molar-refractivity contribution in [2.45, 2.75) is 25.6 Å². The highest BCUT2D eigenvalue weighted by molar-refractivity contribution is 6.02. The first-order valence-corrected chi connectivity index (χ1v) is 10.1. The van der Waals surface area contributed by atoms with Crippen molar-refractivity contribution in [2.24, 2.45) is 0 Å². The number of Topliss-reactive ketones (excluding diaryl/α,β-unsaturated/α-hetero) is 1. The van der Waals surface area contributed by atoms with Crippen LogP contribution in [-0.4, -0.2) is 26.1 Å². The molecule has 0 spiro atoms. The quantitative estimate of drug-likeness (QED) is 0.344. The molecule has 3 aromatic carbocycles. The molecule has 0 saturated carbocycles. The second kappa shape index (κ2) is 11.0. The molecule has 0 amide bonds. The number of rotatable bonds is 9. The maximum atomic E-state index is 13.6. The molecule has 31 heavy (non-hydrogen) atoms. The maximum absolute atomic E-state index is 13.6. The van der Waals surface area contributed by atoms with E-state index in [1.54, 1.807) is 32.2 Å². The zero-order chi connectivity index (χ0) is 22.1. The van der Waals surface area contributed by atoms with Gasteiger partial charge in [0.25, 0.3) is 0 Å². The normalized spacial score (nSPS) is 11.4. The average Bonchev–Trinajstić information content (AvgIpc) is 2.84. The zero-order valence-electron chi connectivity index (χ0n) is 18.0. The van der Waals surface area contributed by atoms with E-state index in [4.69, 9.17) is 14.2 Å². The average molecular weight is 415 g/mol. The van der Waals surface area contributed by atoms with Gasteiger partial charge in [-0.3, -0.25) is 4.79 Å². The maximum Gasteiger partial charge on any atom is 0.196 e. The van der Waals surface area contributed by atoms with E-state index in [1.165, 1.54) is 7.11 Å². The Bertz CT molecular complexity index is 1010. The Labute approximate surface area is 183 Å². The van der Waals surface area contributed by atoms with Crippen molar-refractivity contribution in [1.29, 1.82) is 0 Å². The Morgan fingerprint density at radius 3 is 2.00 bits per heavy atom. The predicted octanol–water partition coefficient (Wildman–Crippen LogP) is 5.47. The van der Waals surface area contributed by atoms with E-state index in [1.807, 2.05) is 60.7 Å². The number of carbonyl (C=O) groups excluding carboxylic acids is 1. The molecule has 0 aliphatic heterocycles. The largest absolute Gasteiger partial charge is 0.497 e. The van der Waals surface area contributed by atoms with Gasteiger partial charge in [-0.25, -0.2) is 0 Å². The molecule has 0 heterocycles. The molecule has 4 heteroatoms. The Balaban J connectivity index is 2.01. The number of benzene rings is 3. The van der Waals surface area contributed by atoms with E-state index in [0.29, 0.717) is 17.1 Å². The van der Waals surface area contributed by atoms with Crippen molar-refractivity contribution in [3.8, 4) is 23.3 Å². The van der Waals surface area contributed by atoms with E-state index in [-0.39, 0.29) is 12.2 Å². The van der Waals surface area contributed by atoms with Gasteiger partial charge in [0, 0.05) is 6.42 Å². The molecule has 0 aliphatic rings. The number of methoxy groups -OCH3 is 2. The van der Waals surface area contributed by atoms with Gasteiger partial charge in [0.1, 0.15) is 23.7 Å². The molecule has 0 saturated heterocycles. The van der Waals surface area contributed by atoms with Crippen LogP contribution in [0.2, 0.25) is 0 Å². The van der Waals surface area contributed by atoms with Crippen molar-refractivity contribution >= 4 is 5.78 Å². The molecule has 0 fully saturated rings. The summed E-state index contributed by atoms with van der Waals surface area (Å²) >= 11 is 0. The summed E-state index contributed by atoms with van der Waals surface area (Å²) in [5.41, 5.74) is 2.34. The molecular weight excluding hydrogens is 388 g/mol. The first-order valence-electron chi connectivity index (χ1n) is 10.1. The summed E-state index contributed by atoms with van der Waals surface area (Å²) in [6.45, 7) is 1.75. The topological polar surface area (TPSA) is 44.8 Å². The van der Waals surface area contributed by atoms with Crippen LogP contribution < -0.4 is 9.47 Å². The van der Waals surface area contributed by atoms with E-state index >= 15 is 0 Å². The van der Waals surface area contributed by atoms with Gasteiger partial charge in [0.05, 0.1) is 19.8 Å². The fourth-order valence-corrected chi connectivity index (χ4v) is 3.35. The summed E-state index contributed by atoms with van der Waals surface area (Å²) in [7, 11) is 3.10. The molecule has 0 unspecified atom stereocenters. The lowest BCUT2D eigenvalue weighted by Crippen LogP contribution is -2.27. The van der Waals surface area contributed by atoms with Crippen LogP contribution in [-0.2, 0) is 4.74 Å². The third-order valence-electron chi connectivity index (χ3n) is 4.93. The molecule has 4 nitrogen and oxygen atoms in total. The Morgan fingerprint density at radius 1 is 0.871 bits per heavy atom. The summed E-state index contributed by atoms with van der Waals surface area (Å²) < 4.78 is 17.2. The number of ketones is 1. The standard InChI is InChI=1S/C27H26O4/c1-4-5-16-25(26(28)23-19-22(29-2)17-18-24(23)30-3)31-27(20-12-8-6-9-13-20)21-14-10-7-11-15-21/h6-15,17-19,25,27H,16H2,1-3H3/t25-/m1/s1. The smallest absolute Gasteiger partial charge is 0.196 e. The SMILES string of the molecule is CC#CC[C@@H](OC(c1ccccc1)c1ccccc1)C(=O)c1cc(OC)ccc1OC. The van der Waals surface area contributed by atoms with Gasteiger partial charge in [-0.05, 0) is 36.2 Å². The molecule has 3 aromatic rings. The van der Waals surface area contributed by atoms with Crippen LogP contribution in [0.4, 0.5) is 0 Å². The summed E-state index contributed by atoms with van der Waals surface area (Å²) in [6, 6.07) is 24.9. The lowest BCUT2D eigenvalue weighted by atomic mass is 9.99. The molecule has 3 rings (SSSR count). The molecule has 158 valence electrons. The molecular formula is C27H26O4. The Kier molecular flexibility index (Phi) is 7.86. The Morgan fingerprint density at radius 2 is 1.48 bits per heavy atom. The molecule has 1 atom stereocenters. The van der Waals surface area contributed by atoms with Gasteiger partial charge >= 0.3 is 0 Å². The van der Waals surface area contributed by atoms with E-state index < -0.39 is 12.2 Å². The van der Waals surface area contributed by atoms with Gasteiger partial charge in [0.15, 0.2) is 5.78 Å². The third kappa shape index (κ3) is 5.53. The highest BCUT2D eigenvalue weighted by Gasteiger charge is 2.28. The van der Waals surface area contributed by atoms with Gasteiger partial charge in [-0.2, -0.15) is 0 Å². The van der Waals surface area contributed by atoms with Crippen LogP contribution in [0, 0.1) is 11.8 Å². The molecule has 0 N–H and O–H groups in total. The van der Waals surface area contributed by atoms with Crippen LogP contribution in [0.25, 0.3) is 0 Å². The summed E-state index contributed by atoms with van der Waals surface area (Å²) in [6.07, 6.45) is -0.920. The lowest BCUT2D eigenvalue weighted by molar-refractivity contribution is 0.0147. The lowest BCUT2D eigenvalue weighted by Gasteiger charge is -2.25. The molecule has 0 aromatic heterocycles. The molecule has 0 aliphatic carbocycles. The van der Waals surface area contributed by atoms with E-state index in [9.17, 15) is 4.79 Å². The van der Waals surface area contributed by atoms with Crippen LogP contribution in [0.15, 0.2) is 78.9 Å². The fourth-order valence-electron chi connectivity index (χ4n) is 3.35. The van der Waals surface area contributed by atoms with Crippen molar-refractivity contribution in [3.63, 3.8) is 0 Å². The minimum Gasteiger partial charge on any atom is -0.497 e. The third-order valence-corrected chi connectivity index (χ3v) is 4.93. The number of hydrogen-bond donors (Lipinski definition) is 0. The van der Waals surface area contributed by atoms with Gasteiger partial charge in [0.2, 0.25) is 0 Å². The van der Waals surface area contributed by atoms with Crippen LogP contribution >= 0.6 is 0 Å². The number of hydrogen-bond acceptors (Lipinski definition) is 4. The first kappa shape index (κ1) is 22.1. The summed E-state index contributed by atoms with van der Waals surface area (Å²) in [5, 5.41) is 0. The van der Waals surface area contributed by atoms with Crippen molar-refractivity contribution in [1.82, 2.24) is 0 Å². The second-order valence-corrected chi connectivity index (χ2v) is 6.89. The number of carbonyl (C=O) groups is 1. The fraction of sp³-hybridized carbons (Fsp3) is 0.222. The first-order chi connectivity index (χ1) is 15.2. The zero-order valence-corrected chi connectivity index (χ0v) is 18.0. The minimum atomic E-state index is -0.779. The number of ether oxygens (including phenoxy) is 3. The van der Waals surface area contributed by atoms with Gasteiger partial charge in [-0.15, -0.1) is 11.8 Å². The van der Waals surface area contributed by atoms with E-state index in [2.05, 4.69) is 11.8 Å². The summed E-state index contributed by atoms with van der Waals surface area (Å²) in [4.78, 5) is 13.6. The van der Waals surface area contributed by atoms with Crippen LogP contribution in [0.1, 0.15) is 40.9 Å². The highest BCUT2D eigenvalue weighted by Crippen LogP contribution is 2.31. The Hall–Kier alpha value is -3.55. The second-order valence-electron chi connectivity index (χ2n) is 6.89. The molecule has 0 bridgehead atoms.